The van der Waals surface area contributed by atoms with Crippen molar-refractivity contribution in [3.8, 4) is 0 Å². The number of aliphatic hydroxyl groups excluding tert-OH is 4. The van der Waals surface area contributed by atoms with Gasteiger partial charge >= 0.3 is 0 Å². The van der Waals surface area contributed by atoms with Gasteiger partial charge in [-0.2, -0.15) is 0 Å². The van der Waals surface area contributed by atoms with Gasteiger partial charge in [0, 0.05) is 6.54 Å². The minimum Gasteiger partial charge on any atom is -0.394 e. The normalized spacial score (nSPS) is 36.5. The summed E-state index contributed by atoms with van der Waals surface area (Å²) in [6.45, 7) is 0.503. The van der Waals surface area contributed by atoms with Gasteiger partial charge in [-0.05, 0) is 14.1 Å². The fourth-order valence-corrected chi connectivity index (χ4v) is 1.56. The van der Waals surface area contributed by atoms with E-state index in [-0.39, 0.29) is 12.4 Å². The van der Waals surface area contributed by atoms with E-state index in [9.17, 15) is 15.3 Å². The smallest absolute Gasteiger partial charge is 0.186 e. The van der Waals surface area contributed by atoms with Crippen LogP contribution in [0, 0.1) is 0 Å². The van der Waals surface area contributed by atoms with Crippen LogP contribution in [0.5, 0.6) is 0 Å². The van der Waals surface area contributed by atoms with E-state index in [1.54, 1.807) is 0 Å². The lowest BCUT2D eigenvalue weighted by molar-refractivity contribution is -0.301. The fraction of sp³-hybridized carbons (Fsp3) is 1.00. The van der Waals surface area contributed by atoms with Crippen LogP contribution in [-0.4, -0.2) is 89.9 Å². The Morgan fingerprint density at radius 2 is 1.72 bits per heavy atom. The molecule has 0 radical (unpaired) electrons. The van der Waals surface area contributed by atoms with E-state index in [0.29, 0.717) is 13.2 Å². The number of hydrogen-bond acceptors (Lipinski definition) is 7. The van der Waals surface area contributed by atoms with Crippen molar-refractivity contribution in [2.24, 2.45) is 0 Å². The van der Waals surface area contributed by atoms with Gasteiger partial charge in [-0.15, -0.1) is 12.4 Å². The Morgan fingerprint density at radius 3 is 2.22 bits per heavy atom. The van der Waals surface area contributed by atoms with Gasteiger partial charge in [0.1, 0.15) is 24.4 Å². The molecule has 0 bridgehead atoms. The fourth-order valence-electron chi connectivity index (χ4n) is 1.56. The Labute approximate surface area is 112 Å². The largest absolute Gasteiger partial charge is 0.394 e. The van der Waals surface area contributed by atoms with E-state index in [1.807, 2.05) is 19.0 Å². The minimum atomic E-state index is -1.38. The van der Waals surface area contributed by atoms with E-state index in [0.717, 1.165) is 0 Å². The van der Waals surface area contributed by atoms with Gasteiger partial charge in [0.05, 0.1) is 13.2 Å². The highest BCUT2D eigenvalue weighted by atomic mass is 35.5. The summed E-state index contributed by atoms with van der Waals surface area (Å²) in [7, 11) is 3.74. The number of rotatable bonds is 5. The summed E-state index contributed by atoms with van der Waals surface area (Å²) in [6, 6.07) is 0. The van der Waals surface area contributed by atoms with Crippen LogP contribution in [0.3, 0.4) is 0 Å². The van der Waals surface area contributed by atoms with Gasteiger partial charge in [-0.3, -0.25) is 0 Å². The van der Waals surface area contributed by atoms with Crippen molar-refractivity contribution >= 4 is 12.4 Å². The van der Waals surface area contributed by atoms with Crippen molar-refractivity contribution in [2.45, 2.75) is 30.7 Å². The molecule has 1 aliphatic heterocycles. The van der Waals surface area contributed by atoms with Crippen molar-refractivity contribution < 1.29 is 29.9 Å². The highest BCUT2D eigenvalue weighted by Crippen LogP contribution is 2.21. The summed E-state index contributed by atoms with van der Waals surface area (Å²) < 4.78 is 10.4. The summed E-state index contributed by atoms with van der Waals surface area (Å²) in [5.74, 6) is 0. The molecule has 8 heteroatoms. The molecule has 0 amide bonds. The van der Waals surface area contributed by atoms with Crippen LogP contribution in [0.15, 0.2) is 0 Å². The standard InChI is InChI=1S/C10H21NO6.ClH/c1-11(2)3-4-16-10-9(15)8(14)7(13)6(5-12)17-10;/h6-10,12-15H,3-5H2,1-2H3;1H/t6-,7-,8+,9-,10-;/m1./s1. The summed E-state index contributed by atoms with van der Waals surface area (Å²) in [5, 5.41) is 37.6. The van der Waals surface area contributed by atoms with E-state index < -0.39 is 37.3 Å². The van der Waals surface area contributed by atoms with Crippen molar-refractivity contribution in [3.05, 3.63) is 0 Å². The minimum absolute atomic E-state index is 0. The number of halogens is 1. The lowest BCUT2D eigenvalue weighted by Crippen LogP contribution is -2.59. The molecule has 0 saturated carbocycles. The lowest BCUT2D eigenvalue weighted by atomic mass is 9.99. The number of likely N-dealkylation sites (N-methyl/N-ethyl adjacent to an activating group) is 1. The predicted octanol–water partition coefficient (Wildman–Crippen LogP) is -2.21. The highest BCUT2D eigenvalue weighted by Gasteiger charge is 2.43. The average molecular weight is 288 g/mol. The van der Waals surface area contributed by atoms with E-state index in [2.05, 4.69) is 0 Å². The van der Waals surface area contributed by atoms with Crippen LogP contribution < -0.4 is 0 Å². The first-order chi connectivity index (χ1) is 7.97. The molecule has 0 aromatic heterocycles. The zero-order valence-corrected chi connectivity index (χ0v) is 11.3. The molecule has 18 heavy (non-hydrogen) atoms. The first kappa shape index (κ1) is 18.0. The van der Waals surface area contributed by atoms with Crippen molar-refractivity contribution in [1.82, 2.24) is 4.90 Å². The second-order valence-electron chi connectivity index (χ2n) is 4.37. The molecule has 4 N–H and O–H groups in total. The van der Waals surface area contributed by atoms with Crippen LogP contribution >= 0.6 is 12.4 Å². The van der Waals surface area contributed by atoms with Gasteiger partial charge in [0.2, 0.25) is 0 Å². The maximum Gasteiger partial charge on any atom is 0.186 e. The lowest BCUT2D eigenvalue weighted by Gasteiger charge is -2.39. The Bertz CT molecular complexity index is 230. The Morgan fingerprint density at radius 1 is 1.11 bits per heavy atom. The average Bonchev–Trinajstić information content (AvgIpc) is 2.29. The van der Waals surface area contributed by atoms with E-state index in [4.69, 9.17) is 14.6 Å². The molecule has 110 valence electrons. The van der Waals surface area contributed by atoms with Crippen LogP contribution in [0.25, 0.3) is 0 Å². The Balaban J connectivity index is 0.00000289. The third-order valence-corrected chi connectivity index (χ3v) is 2.67. The molecule has 7 nitrogen and oxygen atoms in total. The van der Waals surface area contributed by atoms with Gasteiger partial charge in [-0.25, -0.2) is 0 Å². The van der Waals surface area contributed by atoms with Gasteiger partial charge in [0.15, 0.2) is 6.29 Å². The number of aliphatic hydroxyl groups is 4. The number of nitrogens with zero attached hydrogens (tertiary/aromatic N) is 1. The zero-order chi connectivity index (χ0) is 13.0. The van der Waals surface area contributed by atoms with E-state index >= 15 is 0 Å². The molecule has 0 aromatic carbocycles. The van der Waals surface area contributed by atoms with E-state index in [1.165, 1.54) is 0 Å². The molecular weight excluding hydrogens is 266 g/mol. The number of ether oxygens (including phenoxy) is 2. The second kappa shape index (κ2) is 8.23. The predicted molar refractivity (Wildman–Crippen MR) is 65.5 cm³/mol. The Hall–Kier alpha value is 0.01000. The summed E-state index contributed by atoms with van der Waals surface area (Å²) in [6.07, 6.45) is -6.01. The number of hydrogen-bond donors (Lipinski definition) is 4. The van der Waals surface area contributed by atoms with Crippen LogP contribution in [0.4, 0.5) is 0 Å². The molecule has 0 spiro atoms. The molecule has 1 fully saturated rings. The zero-order valence-electron chi connectivity index (χ0n) is 10.5. The van der Waals surface area contributed by atoms with Crippen molar-refractivity contribution in [2.75, 3.05) is 33.9 Å². The first-order valence-electron chi connectivity index (χ1n) is 5.54. The molecule has 0 aliphatic carbocycles. The molecule has 5 atom stereocenters. The third-order valence-electron chi connectivity index (χ3n) is 2.67. The molecule has 1 heterocycles. The van der Waals surface area contributed by atoms with Crippen LogP contribution in [0.1, 0.15) is 0 Å². The molecule has 0 aromatic rings. The topological polar surface area (TPSA) is 103 Å². The molecule has 1 rings (SSSR count). The Kier molecular flexibility index (Phi) is 8.24. The second-order valence-corrected chi connectivity index (χ2v) is 4.37. The SMILES string of the molecule is CN(C)CCO[C@@H]1O[C@H](CO)[C@@H](O)[C@H](O)[C@H]1O.Cl. The van der Waals surface area contributed by atoms with Crippen LogP contribution in [0.2, 0.25) is 0 Å². The van der Waals surface area contributed by atoms with Gasteiger partial charge < -0.3 is 34.8 Å². The van der Waals surface area contributed by atoms with Gasteiger partial charge in [-0.1, -0.05) is 0 Å². The monoisotopic (exact) mass is 287 g/mol. The molecule has 1 saturated heterocycles. The van der Waals surface area contributed by atoms with Crippen molar-refractivity contribution in [1.29, 1.82) is 0 Å². The van der Waals surface area contributed by atoms with Crippen molar-refractivity contribution in [3.63, 3.8) is 0 Å². The summed E-state index contributed by atoms with van der Waals surface area (Å²) in [5.41, 5.74) is 0. The maximum absolute atomic E-state index is 9.63. The highest BCUT2D eigenvalue weighted by molar-refractivity contribution is 5.85. The third kappa shape index (κ3) is 4.60. The quantitative estimate of drug-likeness (QED) is 0.454. The molecular formula is C10H22ClNO6. The van der Waals surface area contributed by atoms with Crippen LogP contribution in [-0.2, 0) is 9.47 Å². The van der Waals surface area contributed by atoms with Gasteiger partial charge in [0.25, 0.3) is 0 Å². The maximum atomic E-state index is 9.63. The summed E-state index contributed by atoms with van der Waals surface area (Å²) >= 11 is 0. The summed E-state index contributed by atoms with van der Waals surface area (Å²) in [4.78, 5) is 1.89. The molecule has 1 aliphatic rings. The first-order valence-corrected chi connectivity index (χ1v) is 5.54. The molecule has 0 unspecified atom stereocenters.